The average Bonchev–Trinajstić information content (AvgIpc) is 2.86. The summed E-state index contributed by atoms with van der Waals surface area (Å²) in [5, 5.41) is 0. The maximum atomic E-state index is 2.37. The summed E-state index contributed by atoms with van der Waals surface area (Å²) < 4.78 is 0. The van der Waals surface area contributed by atoms with Gasteiger partial charge in [0, 0.05) is 0 Å². The van der Waals surface area contributed by atoms with Crippen molar-refractivity contribution in [1.82, 2.24) is 0 Å². The Labute approximate surface area is 209 Å². The molecule has 0 radical (unpaired) electrons. The van der Waals surface area contributed by atoms with Crippen LogP contribution in [0, 0.1) is 34.6 Å². The van der Waals surface area contributed by atoms with Gasteiger partial charge >= 0.3 is 0 Å². The summed E-state index contributed by atoms with van der Waals surface area (Å²) in [6.07, 6.45) is 0. The lowest BCUT2D eigenvalue weighted by Gasteiger charge is -2.16. The van der Waals surface area contributed by atoms with Crippen molar-refractivity contribution in [2.24, 2.45) is 0 Å². The fourth-order valence-corrected chi connectivity index (χ4v) is 4.97. The average molecular weight is 453 g/mol. The Bertz CT molecular complexity index is 1530. The smallest absolute Gasteiger partial charge is 0.0146 e. The van der Waals surface area contributed by atoms with Crippen molar-refractivity contribution in [3.8, 4) is 44.5 Å². The zero-order valence-electron chi connectivity index (χ0n) is 21.3. The Kier molecular flexibility index (Phi) is 6.14. The lowest BCUT2D eigenvalue weighted by Crippen LogP contribution is -1.92. The predicted octanol–water partition coefficient (Wildman–Crippen LogP) is 9.90. The van der Waals surface area contributed by atoms with Gasteiger partial charge in [0.1, 0.15) is 0 Å². The van der Waals surface area contributed by atoms with Crippen molar-refractivity contribution in [2.45, 2.75) is 34.6 Å². The first kappa shape index (κ1) is 22.9. The fraction of sp³-hybridized carbons (Fsp3) is 0.143. The molecule has 35 heavy (non-hydrogen) atoms. The van der Waals surface area contributed by atoms with Gasteiger partial charge in [-0.05, 0) is 120 Å². The van der Waals surface area contributed by atoms with Gasteiger partial charge in [0.25, 0.3) is 0 Å². The van der Waals surface area contributed by atoms with Crippen LogP contribution in [-0.4, -0.2) is 0 Å². The van der Waals surface area contributed by atoms with E-state index in [1.54, 1.807) is 0 Å². The van der Waals surface area contributed by atoms with Gasteiger partial charge in [-0.2, -0.15) is 0 Å². The Balaban J connectivity index is 1.61. The van der Waals surface area contributed by atoms with E-state index in [-0.39, 0.29) is 0 Å². The summed E-state index contributed by atoms with van der Waals surface area (Å²) in [5.41, 5.74) is 16.7. The van der Waals surface area contributed by atoms with E-state index in [0.29, 0.717) is 0 Å². The Morgan fingerprint density at radius 2 is 0.743 bits per heavy atom. The van der Waals surface area contributed by atoms with Gasteiger partial charge in [0.05, 0.1) is 0 Å². The largest absolute Gasteiger partial charge is 0.0620 e. The molecule has 0 atom stereocenters. The maximum Gasteiger partial charge on any atom is -0.0146 e. The molecule has 0 aromatic heterocycles. The molecule has 172 valence electrons. The van der Waals surface area contributed by atoms with Gasteiger partial charge in [-0.1, -0.05) is 90.5 Å². The van der Waals surface area contributed by atoms with Crippen molar-refractivity contribution in [2.75, 3.05) is 0 Å². The first-order valence-corrected chi connectivity index (χ1v) is 12.4. The standard InChI is InChI=1S/C35H32/c1-23-9-8-11-28(19-23)29-16-14-26(4)34(21-29)35-22-31(18-15-27(35)5)30-17-13-25(3)33(20-30)32-12-7-6-10-24(32)2/h6-22H,1-5H3. The SMILES string of the molecule is Cc1cccc(-c2ccc(C)c(-c3cc(-c4ccc(C)c(-c5ccccc5C)c4)ccc3C)c2)c1. The minimum atomic E-state index is 1.25. The molecular formula is C35H32. The van der Waals surface area contributed by atoms with E-state index in [9.17, 15) is 0 Å². The molecule has 0 heterocycles. The second-order valence-corrected chi connectivity index (χ2v) is 9.77. The van der Waals surface area contributed by atoms with E-state index < -0.39 is 0 Å². The zero-order chi connectivity index (χ0) is 24.5. The summed E-state index contributed by atoms with van der Waals surface area (Å²) in [6, 6.07) is 38.0. The van der Waals surface area contributed by atoms with Crippen molar-refractivity contribution >= 4 is 0 Å². The van der Waals surface area contributed by atoms with E-state index in [4.69, 9.17) is 0 Å². The molecule has 5 aromatic carbocycles. The number of benzene rings is 5. The van der Waals surface area contributed by atoms with E-state index in [0.717, 1.165) is 0 Å². The molecule has 0 fully saturated rings. The summed E-state index contributed by atoms with van der Waals surface area (Å²) in [7, 11) is 0. The van der Waals surface area contributed by atoms with Crippen LogP contribution in [0.5, 0.6) is 0 Å². The summed E-state index contributed by atoms with van der Waals surface area (Å²) >= 11 is 0. The molecule has 5 aromatic rings. The van der Waals surface area contributed by atoms with Crippen molar-refractivity contribution < 1.29 is 0 Å². The molecule has 0 bridgehead atoms. The Morgan fingerprint density at radius 3 is 1.23 bits per heavy atom. The molecule has 0 aliphatic rings. The quantitative estimate of drug-likeness (QED) is 0.254. The highest BCUT2D eigenvalue weighted by atomic mass is 14.2. The number of rotatable bonds is 4. The van der Waals surface area contributed by atoms with Gasteiger partial charge in [-0.25, -0.2) is 0 Å². The molecule has 0 amide bonds. The van der Waals surface area contributed by atoms with Crippen LogP contribution in [0.1, 0.15) is 27.8 Å². The number of hydrogen-bond acceptors (Lipinski definition) is 0. The Morgan fingerprint density at radius 1 is 0.314 bits per heavy atom. The maximum absolute atomic E-state index is 2.37. The third-order valence-electron chi connectivity index (χ3n) is 7.12. The summed E-state index contributed by atoms with van der Waals surface area (Å²) in [4.78, 5) is 0. The molecule has 0 unspecified atom stereocenters. The molecule has 5 rings (SSSR count). The van der Waals surface area contributed by atoms with Crippen LogP contribution in [0.3, 0.4) is 0 Å². The molecule has 0 saturated heterocycles. The van der Waals surface area contributed by atoms with Gasteiger partial charge in [0.2, 0.25) is 0 Å². The van der Waals surface area contributed by atoms with E-state index >= 15 is 0 Å². The topological polar surface area (TPSA) is 0 Å². The molecule has 0 N–H and O–H groups in total. The van der Waals surface area contributed by atoms with E-state index in [2.05, 4.69) is 138 Å². The predicted molar refractivity (Wildman–Crippen MR) is 152 cm³/mol. The Hall–Kier alpha value is -3.90. The van der Waals surface area contributed by atoms with Crippen molar-refractivity contribution in [1.29, 1.82) is 0 Å². The van der Waals surface area contributed by atoms with Crippen LogP contribution in [-0.2, 0) is 0 Å². The van der Waals surface area contributed by atoms with Crippen LogP contribution in [0.25, 0.3) is 44.5 Å². The van der Waals surface area contributed by atoms with E-state index in [1.807, 2.05) is 0 Å². The van der Waals surface area contributed by atoms with Gasteiger partial charge < -0.3 is 0 Å². The molecule has 0 nitrogen and oxygen atoms in total. The van der Waals surface area contributed by atoms with Crippen LogP contribution >= 0.6 is 0 Å². The lowest BCUT2D eigenvalue weighted by molar-refractivity contribution is 1.39. The molecule has 0 saturated carbocycles. The van der Waals surface area contributed by atoms with Gasteiger partial charge in [-0.15, -0.1) is 0 Å². The van der Waals surface area contributed by atoms with Gasteiger partial charge in [-0.3, -0.25) is 0 Å². The van der Waals surface area contributed by atoms with Crippen molar-refractivity contribution in [3.05, 3.63) is 131 Å². The van der Waals surface area contributed by atoms with Crippen LogP contribution in [0.2, 0.25) is 0 Å². The summed E-state index contributed by atoms with van der Waals surface area (Å²) in [5.74, 6) is 0. The second-order valence-electron chi connectivity index (χ2n) is 9.77. The molecule has 0 aliphatic heterocycles. The fourth-order valence-electron chi connectivity index (χ4n) is 4.97. The van der Waals surface area contributed by atoms with E-state index in [1.165, 1.54) is 72.3 Å². The minimum absolute atomic E-state index is 1.25. The molecular weight excluding hydrogens is 420 g/mol. The molecule has 0 aliphatic carbocycles. The monoisotopic (exact) mass is 452 g/mol. The third kappa shape index (κ3) is 4.57. The van der Waals surface area contributed by atoms with Crippen LogP contribution in [0.15, 0.2) is 103 Å². The lowest BCUT2D eigenvalue weighted by atomic mass is 9.89. The normalized spacial score (nSPS) is 11.0. The third-order valence-corrected chi connectivity index (χ3v) is 7.12. The van der Waals surface area contributed by atoms with Crippen LogP contribution in [0.4, 0.5) is 0 Å². The van der Waals surface area contributed by atoms with Gasteiger partial charge in [0.15, 0.2) is 0 Å². The minimum Gasteiger partial charge on any atom is -0.0620 e. The highest BCUT2D eigenvalue weighted by Crippen LogP contribution is 2.36. The summed E-state index contributed by atoms with van der Waals surface area (Å²) in [6.45, 7) is 11.0. The second kappa shape index (κ2) is 9.39. The molecule has 0 spiro atoms. The van der Waals surface area contributed by atoms with Crippen LogP contribution < -0.4 is 0 Å². The number of hydrogen-bond donors (Lipinski definition) is 0. The number of aryl methyl sites for hydroxylation is 5. The first-order valence-electron chi connectivity index (χ1n) is 12.4. The first-order chi connectivity index (χ1) is 16.9. The highest BCUT2D eigenvalue weighted by molar-refractivity contribution is 5.83. The highest BCUT2D eigenvalue weighted by Gasteiger charge is 2.12. The zero-order valence-corrected chi connectivity index (χ0v) is 21.3. The molecule has 0 heteroatoms. The van der Waals surface area contributed by atoms with Crippen molar-refractivity contribution in [3.63, 3.8) is 0 Å².